The van der Waals surface area contributed by atoms with Crippen molar-refractivity contribution in [1.82, 2.24) is 14.0 Å². The van der Waals surface area contributed by atoms with E-state index in [0.717, 1.165) is 24.3 Å². The first-order chi connectivity index (χ1) is 16.5. The van der Waals surface area contributed by atoms with E-state index < -0.39 is 16.1 Å². The third-order valence-corrected chi connectivity index (χ3v) is 8.09. The summed E-state index contributed by atoms with van der Waals surface area (Å²) in [5, 5.41) is 0. The number of carbonyl (C=O) groups excluding carboxylic acids is 1. The molecule has 2 fully saturated rings. The maximum Gasteiger partial charge on any atom is 0.304 e. The Bertz CT molecular complexity index is 1200. The van der Waals surface area contributed by atoms with E-state index in [4.69, 9.17) is 15.5 Å². The van der Waals surface area contributed by atoms with Gasteiger partial charge in [0, 0.05) is 36.8 Å². The number of anilines is 1. The second-order valence-corrected chi connectivity index (χ2v) is 11.8. The number of nitrogens with one attached hydrogen (secondary N) is 1. The van der Waals surface area contributed by atoms with Crippen LogP contribution in [0.1, 0.15) is 50.9 Å². The van der Waals surface area contributed by atoms with Crippen LogP contribution in [0.3, 0.4) is 0 Å². The van der Waals surface area contributed by atoms with Crippen LogP contribution in [0, 0.1) is 5.92 Å². The predicted molar refractivity (Wildman–Crippen MR) is 137 cm³/mol. The number of carbonyl (C=O) groups is 1. The molecule has 2 saturated heterocycles. The SMILES string of the molecule is CCOc1cccc(-c2ccc(C(=O)NS(=O)(=O)N3CC[C@H](N)C3)c(N3C[C@@H](C)CC3(C)C)n2)c1. The Hall–Kier alpha value is -2.69. The number of benzene rings is 1. The van der Waals surface area contributed by atoms with Crippen molar-refractivity contribution in [2.24, 2.45) is 11.7 Å². The highest BCUT2D eigenvalue weighted by Gasteiger charge is 2.40. The van der Waals surface area contributed by atoms with Crippen LogP contribution in [-0.2, 0) is 10.2 Å². The normalized spacial score (nSPS) is 22.4. The van der Waals surface area contributed by atoms with Crippen molar-refractivity contribution >= 4 is 21.9 Å². The monoisotopic (exact) mass is 501 g/mol. The highest BCUT2D eigenvalue weighted by molar-refractivity contribution is 7.87. The minimum atomic E-state index is -4.00. The third kappa shape index (κ3) is 5.44. The molecule has 2 aliphatic heterocycles. The van der Waals surface area contributed by atoms with E-state index in [0.29, 0.717) is 37.0 Å². The number of aromatic nitrogens is 1. The molecule has 0 bridgehead atoms. The maximum atomic E-state index is 13.3. The molecule has 3 N–H and O–H groups in total. The van der Waals surface area contributed by atoms with Crippen LogP contribution in [0.15, 0.2) is 36.4 Å². The van der Waals surface area contributed by atoms with E-state index >= 15 is 0 Å². The van der Waals surface area contributed by atoms with E-state index in [9.17, 15) is 13.2 Å². The lowest BCUT2D eigenvalue weighted by molar-refractivity contribution is 0.0979. The molecule has 10 heteroatoms. The Morgan fingerprint density at radius 3 is 2.66 bits per heavy atom. The van der Waals surface area contributed by atoms with Crippen LogP contribution in [-0.4, -0.2) is 61.4 Å². The summed E-state index contributed by atoms with van der Waals surface area (Å²) in [5.74, 6) is 0.921. The topological polar surface area (TPSA) is 118 Å². The minimum Gasteiger partial charge on any atom is -0.494 e. The van der Waals surface area contributed by atoms with Gasteiger partial charge in [0.2, 0.25) is 0 Å². The van der Waals surface area contributed by atoms with Gasteiger partial charge in [-0.15, -0.1) is 0 Å². The summed E-state index contributed by atoms with van der Waals surface area (Å²) in [6.07, 6.45) is 1.50. The van der Waals surface area contributed by atoms with Crippen molar-refractivity contribution < 1.29 is 17.9 Å². The van der Waals surface area contributed by atoms with Gasteiger partial charge in [-0.3, -0.25) is 4.79 Å². The molecule has 2 aromatic rings. The van der Waals surface area contributed by atoms with Gasteiger partial charge in [-0.1, -0.05) is 19.1 Å². The lowest BCUT2D eigenvalue weighted by Crippen LogP contribution is -2.44. The Morgan fingerprint density at radius 1 is 1.26 bits per heavy atom. The molecule has 0 saturated carbocycles. The Labute approximate surface area is 207 Å². The van der Waals surface area contributed by atoms with E-state index in [1.54, 1.807) is 12.1 Å². The molecule has 3 heterocycles. The van der Waals surface area contributed by atoms with Crippen LogP contribution in [0.25, 0.3) is 11.3 Å². The standard InChI is InChI=1S/C25H35N5O4S/c1-5-34-20-8-6-7-18(13-20)22-10-9-21(23(27-22)30-15-17(2)14-25(30,3)4)24(31)28-35(32,33)29-12-11-19(26)16-29/h6-10,13,17,19H,5,11-12,14-16,26H2,1-4H3,(H,28,31)/t17-,19-/m0/s1. The molecule has 0 spiro atoms. The van der Waals surface area contributed by atoms with Crippen molar-refractivity contribution in [3.63, 3.8) is 0 Å². The number of nitrogens with zero attached hydrogens (tertiary/aromatic N) is 3. The van der Waals surface area contributed by atoms with Gasteiger partial charge in [-0.25, -0.2) is 9.71 Å². The lowest BCUT2D eigenvalue weighted by Gasteiger charge is -2.34. The van der Waals surface area contributed by atoms with Crippen molar-refractivity contribution in [2.75, 3.05) is 31.1 Å². The van der Waals surface area contributed by atoms with Crippen molar-refractivity contribution in [3.8, 4) is 17.0 Å². The van der Waals surface area contributed by atoms with Crippen molar-refractivity contribution in [3.05, 3.63) is 42.0 Å². The maximum absolute atomic E-state index is 13.3. The molecule has 1 amide bonds. The van der Waals surface area contributed by atoms with Crippen LogP contribution >= 0.6 is 0 Å². The average Bonchev–Trinajstić information content (AvgIpc) is 3.35. The second kappa shape index (κ2) is 9.75. The molecule has 2 aliphatic rings. The summed E-state index contributed by atoms with van der Waals surface area (Å²) in [4.78, 5) is 20.3. The van der Waals surface area contributed by atoms with E-state index in [-0.39, 0.29) is 23.7 Å². The fourth-order valence-electron chi connectivity index (χ4n) is 5.07. The molecular weight excluding hydrogens is 466 g/mol. The van der Waals surface area contributed by atoms with Crippen LogP contribution in [0.2, 0.25) is 0 Å². The number of hydrogen-bond donors (Lipinski definition) is 2. The highest BCUT2D eigenvalue weighted by Crippen LogP contribution is 2.38. The van der Waals surface area contributed by atoms with Crippen molar-refractivity contribution in [1.29, 1.82) is 0 Å². The third-order valence-electron chi connectivity index (χ3n) is 6.64. The first-order valence-corrected chi connectivity index (χ1v) is 13.5. The van der Waals surface area contributed by atoms with Gasteiger partial charge in [-0.05, 0) is 63.8 Å². The molecule has 35 heavy (non-hydrogen) atoms. The summed E-state index contributed by atoms with van der Waals surface area (Å²) < 4.78 is 34.8. The number of rotatable bonds is 7. The summed E-state index contributed by atoms with van der Waals surface area (Å²) >= 11 is 0. The molecule has 2 atom stereocenters. The molecule has 9 nitrogen and oxygen atoms in total. The Morgan fingerprint density at radius 2 is 2.03 bits per heavy atom. The molecule has 190 valence electrons. The largest absolute Gasteiger partial charge is 0.494 e. The molecule has 0 radical (unpaired) electrons. The summed E-state index contributed by atoms with van der Waals surface area (Å²) in [6, 6.07) is 10.8. The quantitative estimate of drug-likeness (QED) is 0.599. The zero-order valence-electron chi connectivity index (χ0n) is 20.8. The smallest absolute Gasteiger partial charge is 0.304 e. The molecule has 1 aromatic heterocycles. The zero-order chi connectivity index (χ0) is 25.4. The molecular formula is C25H35N5O4S. The first-order valence-electron chi connectivity index (χ1n) is 12.1. The fraction of sp³-hybridized carbons (Fsp3) is 0.520. The van der Waals surface area contributed by atoms with Gasteiger partial charge >= 0.3 is 10.2 Å². The summed E-state index contributed by atoms with van der Waals surface area (Å²) in [5.41, 5.74) is 7.39. The first kappa shape index (κ1) is 25.4. The Balaban J connectivity index is 1.72. The van der Waals surface area contributed by atoms with Gasteiger partial charge < -0.3 is 15.4 Å². The number of pyridine rings is 1. The van der Waals surface area contributed by atoms with Crippen LogP contribution in [0.5, 0.6) is 5.75 Å². The zero-order valence-corrected chi connectivity index (χ0v) is 21.6. The van der Waals surface area contributed by atoms with E-state index in [1.807, 2.05) is 31.2 Å². The number of nitrogens with two attached hydrogens (primary N) is 1. The number of hydrogen-bond acceptors (Lipinski definition) is 7. The van der Waals surface area contributed by atoms with Gasteiger partial charge in [0.1, 0.15) is 11.6 Å². The molecule has 0 unspecified atom stereocenters. The number of amides is 1. The van der Waals surface area contributed by atoms with E-state index in [2.05, 4.69) is 30.4 Å². The molecule has 4 rings (SSSR count). The average molecular weight is 502 g/mol. The van der Waals surface area contributed by atoms with Crippen LogP contribution in [0.4, 0.5) is 5.82 Å². The fourth-order valence-corrected chi connectivity index (χ4v) is 6.28. The predicted octanol–water partition coefficient (Wildman–Crippen LogP) is 2.78. The molecule has 1 aromatic carbocycles. The van der Waals surface area contributed by atoms with Gasteiger partial charge in [0.25, 0.3) is 5.91 Å². The minimum absolute atomic E-state index is 0.194. The van der Waals surface area contributed by atoms with Gasteiger partial charge in [0.15, 0.2) is 0 Å². The summed E-state index contributed by atoms with van der Waals surface area (Å²) in [7, 11) is -4.00. The van der Waals surface area contributed by atoms with Crippen LogP contribution < -0.4 is 20.1 Å². The van der Waals surface area contributed by atoms with E-state index in [1.165, 1.54) is 4.31 Å². The lowest BCUT2D eigenvalue weighted by atomic mass is 9.97. The van der Waals surface area contributed by atoms with Gasteiger partial charge in [-0.2, -0.15) is 12.7 Å². The Kier molecular flexibility index (Phi) is 7.08. The summed E-state index contributed by atoms with van der Waals surface area (Å²) in [6.45, 7) is 10.1. The highest BCUT2D eigenvalue weighted by atomic mass is 32.2. The van der Waals surface area contributed by atoms with Gasteiger partial charge in [0.05, 0.1) is 17.9 Å². The van der Waals surface area contributed by atoms with Crippen molar-refractivity contribution in [2.45, 2.75) is 52.1 Å². The number of ether oxygens (including phenoxy) is 1. The second-order valence-electron chi connectivity index (χ2n) is 10.1. The molecule has 0 aliphatic carbocycles.